The Balaban J connectivity index is 3.98. The molecule has 0 N–H and O–H groups in total. The van der Waals surface area contributed by atoms with Crippen molar-refractivity contribution >= 4 is 5.97 Å². The van der Waals surface area contributed by atoms with Crippen molar-refractivity contribution in [1.29, 1.82) is 0 Å². The number of hydrogen-bond acceptors (Lipinski definition) is 3. The Hall–Kier alpha value is -0.570. The summed E-state index contributed by atoms with van der Waals surface area (Å²) in [5.41, 5.74) is 0. The molecular weight excluding hydrogens is 216 g/mol. The van der Waals surface area contributed by atoms with Crippen LogP contribution in [-0.4, -0.2) is 26.3 Å². The summed E-state index contributed by atoms with van der Waals surface area (Å²) in [5.74, 6) is 0.865. The minimum atomic E-state index is -0.107. The summed E-state index contributed by atoms with van der Waals surface area (Å²) in [6.45, 7) is 9.44. The monoisotopic (exact) mass is 244 g/mol. The second kappa shape index (κ2) is 9.46. The van der Waals surface area contributed by atoms with E-state index in [1.54, 1.807) is 7.11 Å². The number of methoxy groups -OCH3 is 1. The van der Waals surface area contributed by atoms with Gasteiger partial charge in [0.15, 0.2) is 0 Å². The first-order valence-electron chi connectivity index (χ1n) is 6.62. The first-order valence-corrected chi connectivity index (χ1v) is 6.62. The largest absolute Gasteiger partial charge is 0.465 e. The van der Waals surface area contributed by atoms with E-state index in [-0.39, 0.29) is 11.9 Å². The van der Waals surface area contributed by atoms with Gasteiger partial charge in [-0.15, -0.1) is 0 Å². The molecule has 0 radical (unpaired) electrons. The number of hydrogen-bond donors (Lipinski definition) is 0. The van der Waals surface area contributed by atoms with Crippen LogP contribution in [0.3, 0.4) is 0 Å². The normalized spacial score (nSPS) is 13.1. The van der Waals surface area contributed by atoms with Crippen LogP contribution < -0.4 is 0 Å². The van der Waals surface area contributed by atoms with Gasteiger partial charge in [0.25, 0.3) is 0 Å². The molecule has 0 aromatic rings. The van der Waals surface area contributed by atoms with Crippen LogP contribution in [-0.2, 0) is 14.3 Å². The zero-order valence-corrected chi connectivity index (χ0v) is 12.0. The molecule has 0 amide bonds. The molecule has 0 fully saturated rings. The van der Waals surface area contributed by atoms with Gasteiger partial charge in [-0.3, -0.25) is 4.79 Å². The van der Waals surface area contributed by atoms with Crippen molar-refractivity contribution in [2.24, 2.45) is 17.8 Å². The quantitative estimate of drug-likeness (QED) is 0.584. The first kappa shape index (κ1) is 16.4. The molecule has 1 unspecified atom stereocenters. The molecule has 1 atom stereocenters. The lowest BCUT2D eigenvalue weighted by molar-refractivity contribution is -0.151. The number of carbonyl (C=O) groups excluding carboxylic acids is 1. The highest BCUT2D eigenvalue weighted by molar-refractivity contribution is 5.72. The summed E-state index contributed by atoms with van der Waals surface area (Å²) >= 11 is 0. The second-order valence-electron chi connectivity index (χ2n) is 5.50. The maximum Gasteiger partial charge on any atom is 0.311 e. The van der Waals surface area contributed by atoms with Gasteiger partial charge in [0.05, 0.1) is 19.1 Å². The van der Waals surface area contributed by atoms with Crippen molar-refractivity contribution in [2.75, 3.05) is 20.3 Å². The van der Waals surface area contributed by atoms with Crippen LogP contribution in [0.15, 0.2) is 0 Å². The summed E-state index contributed by atoms with van der Waals surface area (Å²) in [5, 5.41) is 0. The minimum absolute atomic E-state index is 0.0995. The Labute approximate surface area is 106 Å². The highest BCUT2D eigenvalue weighted by Gasteiger charge is 2.20. The van der Waals surface area contributed by atoms with Gasteiger partial charge in [-0.25, -0.2) is 0 Å². The van der Waals surface area contributed by atoms with Crippen LogP contribution in [0.2, 0.25) is 0 Å². The van der Waals surface area contributed by atoms with Crippen LogP contribution >= 0.6 is 0 Å². The van der Waals surface area contributed by atoms with Gasteiger partial charge in [0, 0.05) is 7.11 Å². The molecular formula is C14H28O3. The van der Waals surface area contributed by atoms with E-state index in [0.717, 1.165) is 19.3 Å². The fourth-order valence-electron chi connectivity index (χ4n) is 1.61. The van der Waals surface area contributed by atoms with Gasteiger partial charge < -0.3 is 9.47 Å². The zero-order valence-electron chi connectivity index (χ0n) is 12.0. The molecule has 0 aromatic carbocycles. The summed E-state index contributed by atoms with van der Waals surface area (Å²) in [7, 11) is 1.63. The molecule has 17 heavy (non-hydrogen) atoms. The standard InChI is InChI=1S/C14H28O3/c1-11(2)7-6-8-13(10-16-5)14(15)17-9-12(3)4/h11-13H,6-10H2,1-5H3. The van der Waals surface area contributed by atoms with Gasteiger partial charge in [0.2, 0.25) is 0 Å². The Kier molecular flexibility index (Phi) is 9.14. The molecule has 3 heteroatoms. The Morgan fingerprint density at radius 3 is 2.12 bits per heavy atom. The molecule has 0 heterocycles. The summed E-state index contributed by atoms with van der Waals surface area (Å²) in [6, 6.07) is 0. The van der Waals surface area contributed by atoms with Gasteiger partial charge in [-0.1, -0.05) is 40.5 Å². The summed E-state index contributed by atoms with van der Waals surface area (Å²) in [6.07, 6.45) is 3.07. The number of rotatable bonds is 9. The van der Waals surface area contributed by atoms with Crippen molar-refractivity contribution < 1.29 is 14.3 Å². The third-order valence-electron chi connectivity index (χ3n) is 2.59. The predicted octanol–water partition coefficient (Wildman–Crippen LogP) is 3.27. The van der Waals surface area contributed by atoms with Crippen LogP contribution in [0, 0.1) is 17.8 Å². The van der Waals surface area contributed by atoms with Crippen molar-refractivity contribution in [1.82, 2.24) is 0 Å². The molecule has 0 rings (SSSR count). The first-order chi connectivity index (χ1) is 7.97. The smallest absolute Gasteiger partial charge is 0.311 e. The van der Waals surface area contributed by atoms with Crippen molar-refractivity contribution in [2.45, 2.75) is 47.0 Å². The third-order valence-corrected chi connectivity index (χ3v) is 2.59. The molecule has 0 aliphatic carbocycles. The molecule has 0 aliphatic rings. The fraction of sp³-hybridized carbons (Fsp3) is 0.929. The molecule has 0 aliphatic heterocycles. The molecule has 0 saturated carbocycles. The molecule has 0 aromatic heterocycles. The number of carbonyl (C=O) groups is 1. The van der Waals surface area contributed by atoms with E-state index in [0.29, 0.717) is 25.0 Å². The minimum Gasteiger partial charge on any atom is -0.465 e. The Morgan fingerprint density at radius 2 is 1.65 bits per heavy atom. The maximum atomic E-state index is 11.8. The Bertz CT molecular complexity index is 200. The predicted molar refractivity (Wildman–Crippen MR) is 69.9 cm³/mol. The molecule has 0 spiro atoms. The van der Waals surface area contributed by atoms with Crippen molar-refractivity contribution in [3.05, 3.63) is 0 Å². The van der Waals surface area contributed by atoms with E-state index in [4.69, 9.17) is 9.47 Å². The molecule has 0 saturated heterocycles. The average molecular weight is 244 g/mol. The zero-order chi connectivity index (χ0) is 13.3. The summed E-state index contributed by atoms with van der Waals surface area (Å²) < 4.78 is 10.3. The van der Waals surface area contributed by atoms with Gasteiger partial charge in [-0.05, 0) is 18.3 Å². The van der Waals surface area contributed by atoms with Crippen molar-refractivity contribution in [3.63, 3.8) is 0 Å². The van der Waals surface area contributed by atoms with E-state index in [1.807, 2.05) is 13.8 Å². The van der Waals surface area contributed by atoms with Crippen LogP contribution in [0.25, 0.3) is 0 Å². The number of ether oxygens (including phenoxy) is 2. The average Bonchev–Trinajstić information content (AvgIpc) is 2.24. The van der Waals surface area contributed by atoms with Crippen molar-refractivity contribution in [3.8, 4) is 0 Å². The lowest BCUT2D eigenvalue weighted by Gasteiger charge is -2.16. The lowest BCUT2D eigenvalue weighted by atomic mass is 9.99. The number of esters is 1. The Morgan fingerprint density at radius 1 is 1.00 bits per heavy atom. The fourth-order valence-corrected chi connectivity index (χ4v) is 1.61. The van der Waals surface area contributed by atoms with E-state index in [2.05, 4.69) is 13.8 Å². The highest BCUT2D eigenvalue weighted by Crippen LogP contribution is 2.15. The summed E-state index contributed by atoms with van der Waals surface area (Å²) in [4.78, 5) is 11.8. The third kappa shape index (κ3) is 9.16. The van der Waals surface area contributed by atoms with Crippen LogP contribution in [0.5, 0.6) is 0 Å². The topological polar surface area (TPSA) is 35.5 Å². The van der Waals surface area contributed by atoms with Crippen LogP contribution in [0.1, 0.15) is 47.0 Å². The van der Waals surface area contributed by atoms with Gasteiger partial charge in [-0.2, -0.15) is 0 Å². The second-order valence-corrected chi connectivity index (χ2v) is 5.50. The van der Waals surface area contributed by atoms with E-state index in [1.165, 1.54) is 0 Å². The maximum absolute atomic E-state index is 11.8. The molecule has 3 nitrogen and oxygen atoms in total. The van der Waals surface area contributed by atoms with E-state index in [9.17, 15) is 4.79 Å². The van der Waals surface area contributed by atoms with E-state index >= 15 is 0 Å². The van der Waals surface area contributed by atoms with Gasteiger partial charge in [0.1, 0.15) is 0 Å². The highest BCUT2D eigenvalue weighted by atomic mass is 16.5. The van der Waals surface area contributed by atoms with E-state index < -0.39 is 0 Å². The SMILES string of the molecule is COCC(CCCC(C)C)C(=O)OCC(C)C. The lowest BCUT2D eigenvalue weighted by Crippen LogP contribution is -2.24. The van der Waals surface area contributed by atoms with Crippen LogP contribution in [0.4, 0.5) is 0 Å². The van der Waals surface area contributed by atoms with Gasteiger partial charge >= 0.3 is 5.97 Å². The molecule has 102 valence electrons. The molecule has 0 bridgehead atoms.